The van der Waals surface area contributed by atoms with Crippen molar-refractivity contribution in [1.29, 1.82) is 0 Å². The molecule has 3 aromatic rings. The van der Waals surface area contributed by atoms with Crippen LogP contribution in [0.15, 0.2) is 66.7 Å². The summed E-state index contributed by atoms with van der Waals surface area (Å²) in [6, 6.07) is 24.3. The van der Waals surface area contributed by atoms with Gasteiger partial charge in [-0.05, 0) is 34.4 Å². The molecule has 2 aliphatic heterocycles. The molecule has 0 aliphatic carbocycles. The minimum Gasteiger partial charge on any atom is -0.315 e. The molecule has 1 aromatic heterocycles. The first-order valence-corrected chi connectivity index (χ1v) is 17.6. The maximum atomic E-state index is 4.95. The molecule has 6 N–H and O–H groups in total. The van der Waals surface area contributed by atoms with Gasteiger partial charge in [0.2, 0.25) is 0 Å². The zero-order valence-electron chi connectivity index (χ0n) is 27.8. The molecule has 0 radical (unpaired) electrons. The zero-order valence-corrected chi connectivity index (χ0v) is 27.8. The first kappa shape index (κ1) is 34.6. The summed E-state index contributed by atoms with van der Waals surface area (Å²) in [5, 5.41) is 21.8. The molecule has 9 heteroatoms. The van der Waals surface area contributed by atoms with Crippen LogP contribution in [0.2, 0.25) is 0 Å². The molecule has 0 saturated carbocycles. The average Bonchev–Trinajstić information content (AvgIpc) is 3.07. The van der Waals surface area contributed by atoms with E-state index in [2.05, 4.69) is 108 Å². The Balaban J connectivity index is 0.925. The first-order chi connectivity index (χ1) is 22.8. The second kappa shape index (κ2) is 20.5. The van der Waals surface area contributed by atoms with Gasteiger partial charge in [0.05, 0.1) is 0 Å². The Bertz CT molecular complexity index is 1120. The Morgan fingerprint density at radius 2 is 0.870 bits per heavy atom. The van der Waals surface area contributed by atoms with E-state index >= 15 is 0 Å². The van der Waals surface area contributed by atoms with Crippen molar-refractivity contribution in [3.05, 3.63) is 100 Å². The summed E-state index contributed by atoms with van der Waals surface area (Å²) in [7, 11) is 0. The number of hydrogen-bond acceptors (Lipinski definition) is 9. The van der Waals surface area contributed by atoms with E-state index in [1.165, 1.54) is 33.6 Å². The SMILES string of the molecule is c1cc2cc(c1)CNCCN(CCNCCc1cccc(CCNCCN3CCNCc4cccc(c4)CNCC3)n1)CCNC2. The summed E-state index contributed by atoms with van der Waals surface area (Å²) in [6.07, 6.45) is 1.92. The molecule has 2 aromatic carbocycles. The molecule has 46 heavy (non-hydrogen) atoms. The summed E-state index contributed by atoms with van der Waals surface area (Å²) < 4.78 is 0. The fourth-order valence-electron chi connectivity index (χ4n) is 6.21. The lowest BCUT2D eigenvalue weighted by Gasteiger charge is -2.24. The summed E-state index contributed by atoms with van der Waals surface area (Å²) in [5.41, 5.74) is 7.82. The monoisotopic (exact) mass is 627 g/mol. The molecular formula is C37H57N9. The average molecular weight is 628 g/mol. The third kappa shape index (κ3) is 13.2. The van der Waals surface area contributed by atoms with E-state index in [0.29, 0.717) is 0 Å². The lowest BCUT2D eigenvalue weighted by atomic mass is 10.1. The second-order valence-electron chi connectivity index (χ2n) is 12.7. The Morgan fingerprint density at radius 3 is 1.26 bits per heavy atom. The quantitative estimate of drug-likeness (QED) is 0.168. The standard InChI is InChI=1S/C37H57N9/c1-4-32-26-33(5-1)29-41-17-23-45(22-16-40-28-32)20-14-38-12-10-36-8-3-9-37(44-36)11-13-39-15-21-46-24-18-42-30-34-6-2-7-35(27-34)31-43-19-25-46/h1-9,26-27,38-43H,10-25,28-31H2. The minimum atomic E-state index is 0.937. The number of nitrogens with one attached hydrogen (secondary N) is 6. The van der Waals surface area contributed by atoms with Crippen LogP contribution in [-0.4, -0.2) is 106 Å². The van der Waals surface area contributed by atoms with Crippen LogP contribution >= 0.6 is 0 Å². The van der Waals surface area contributed by atoms with Gasteiger partial charge >= 0.3 is 0 Å². The minimum absolute atomic E-state index is 0.937. The first-order valence-electron chi connectivity index (χ1n) is 17.6. The second-order valence-corrected chi connectivity index (χ2v) is 12.7. The third-order valence-electron chi connectivity index (χ3n) is 8.91. The molecule has 0 saturated heterocycles. The molecule has 5 rings (SSSR count). The van der Waals surface area contributed by atoms with Crippen molar-refractivity contribution in [1.82, 2.24) is 46.7 Å². The number of nitrogens with zero attached hydrogens (tertiary/aromatic N) is 3. The summed E-state index contributed by atoms with van der Waals surface area (Å²) in [6.45, 7) is 18.1. The molecule has 3 heterocycles. The fourth-order valence-corrected chi connectivity index (χ4v) is 6.21. The number of fused-ring (bicyclic) bond motifs is 4. The van der Waals surface area contributed by atoms with Crippen molar-refractivity contribution in [2.24, 2.45) is 0 Å². The largest absolute Gasteiger partial charge is 0.315 e. The maximum absolute atomic E-state index is 4.95. The van der Waals surface area contributed by atoms with E-state index in [1.54, 1.807) is 0 Å². The van der Waals surface area contributed by atoms with E-state index in [1.807, 2.05) is 0 Å². The van der Waals surface area contributed by atoms with Gasteiger partial charge in [-0.25, -0.2) is 0 Å². The normalized spacial score (nSPS) is 17.7. The van der Waals surface area contributed by atoms with Crippen molar-refractivity contribution >= 4 is 0 Å². The Hall–Kier alpha value is -2.73. The van der Waals surface area contributed by atoms with Crippen LogP contribution in [0.3, 0.4) is 0 Å². The number of pyridine rings is 1. The molecule has 250 valence electrons. The Morgan fingerprint density at radius 1 is 0.500 bits per heavy atom. The van der Waals surface area contributed by atoms with Gasteiger partial charge in [0.1, 0.15) is 0 Å². The molecule has 9 nitrogen and oxygen atoms in total. The Labute approximate surface area is 277 Å². The van der Waals surface area contributed by atoms with Crippen molar-refractivity contribution in [3.8, 4) is 0 Å². The van der Waals surface area contributed by atoms with Gasteiger partial charge in [0.25, 0.3) is 0 Å². The smallest absolute Gasteiger partial charge is 0.0419 e. The van der Waals surface area contributed by atoms with Gasteiger partial charge in [-0.15, -0.1) is 0 Å². The van der Waals surface area contributed by atoms with Gasteiger partial charge in [-0.2, -0.15) is 0 Å². The van der Waals surface area contributed by atoms with Crippen LogP contribution < -0.4 is 31.9 Å². The van der Waals surface area contributed by atoms with Gasteiger partial charge in [0.15, 0.2) is 0 Å². The summed E-state index contributed by atoms with van der Waals surface area (Å²) in [5.74, 6) is 0. The lowest BCUT2D eigenvalue weighted by molar-refractivity contribution is 0.271. The van der Waals surface area contributed by atoms with Crippen LogP contribution in [0.25, 0.3) is 0 Å². The summed E-state index contributed by atoms with van der Waals surface area (Å²) >= 11 is 0. The van der Waals surface area contributed by atoms with Crippen molar-refractivity contribution in [2.75, 3.05) is 91.6 Å². The predicted octanol–water partition coefficient (Wildman–Crippen LogP) is 1.74. The summed E-state index contributed by atoms with van der Waals surface area (Å²) in [4.78, 5) is 10.1. The molecule has 0 atom stereocenters. The highest BCUT2D eigenvalue weighted by atomic mass is 15.2. The van der Waals surface area contributed by atoms with Crippen LogP contribution in [0, 0.1) is 0 Å². The van der Waals surface area contributed by atoms with Crippen molar-refractivity contribution < 1.29 is 0 Å². The third-order valence-corrected chi connectivity index (χ3v) is 8.91. The van der Waals surface area contributed by atoms with Crippen molar-refractivity contribution in [2.45, 2.75) is 39.0 Å². The van der Waals surface area contributed by atoms with E-state index in [9.17, 15) is 0 Å². The lowest BCUT2D eigenvalue weighted by Crippen LogP contribution is -2.41. The van der Waals surface area contributed by atoms with E-state index in [4.69, 9.17) is 4.98 Å². The van der Waals surface area contributed by atoms with Gasteiger partial charge in [-0.1, -0.05) is 54.6 Å². The van der Waals surface area contributed by atoms with Crippen LogP contribution in [0.5, 0.6) is 0 Å². The molecule has 0 fully saturated rings. The predicted molar refractivity (Wildman–Crippen MR) is 190 cm³/mol. The fraction of sp³-hybridized carbons (Fsp3) is 0.541. The van der Waals surface area contributed by atoms with Gasteiger partial charge in [-0.3, -0.25) is 14.8 Å². The van der Waals surface area contributed by atoms with Gasteiger partial charge < -0.3 is 31.9 Å². The van der Waals surface area contributed by atoms with Crippen molar-refractivity contribution in [3.63, 3.8) is 0 Å². The number of aromatic nitrogens is 1. The number of hydrogen-bond donors (Lipinski definition) is 6. The zero-order chi connectivity index (χ0) is 31.5. The van der Waals surface area contributed by atoms with Crippen LogP contribution in [-0.2, 0) is 39.0 Å². The Kier molecular flexibility index (Phi) is 15.4. The van der Waals surface area contributed by atoms with Crippen LogP contribution in [0.1, 0.15) is 33.6 Å². The highest BCUT2D eigenvalue weighted by Crippen LogP contribution is 2.07. The molecule has 2 aliphatic rings. The molecular weight excluding hydrogens is 570 g/mol. The maximum Gasteiger partial charge on any atom is 0.0419 e. The van der Waals surface area contributed by atoms with E-state index in [0.717, 1.165) is 131 Å². The number of rotatable bonds is 12. The highest BCUT2D eigenvalue weighted by Gasteiger charge is 2.08. The molecule has 4 bridgehead atoms. The molecule has 0 unspecified atom stereocenters. The van der Waals surface area contributed by atoms with E-state index < -0.39 is 0 Å². The van der Waals surface area contributed by atoms with E-state index in [-0.39, 0.29) is 0 Å². The van der Waals surface area contributed by atoms with Gasteiger partial charge in [0, 0.05) is 142 Å². The molecule has 0 amide bonds. The number of benzene rings is 2. The highest BCUT2D eigenvalue weighted by molar-refractivity contribution is 5.24. The van der Waals surface area contributed by atoms with Crippen LogP contribution in [0.4, 0.5) is 0 Å². The molecule has 0 spiro atoms. The topological polar surface area (TPSA) is 91.5 Å².